The number of halogens is 5. The van der Waals surface area contributed by atoms with Crippen molar-refractivity contribution in [3.8, 4) is 11.1 Å². The number of nitrogens with zero attached hydrogens (tertiary/aromatic N) is 3. The number of rotatable bonds is 4. The van der Waals surface area contributed by atoms with Gasteiger partial charge in [-0.25, -0.2) is 4.39 Å². The summed E-state index contributed by atoms with van der Waals surface area (Å²) in [6.07, 6.45) is -3.27. The molecule has 1 aliphatic heterocycles. The minimum absolute atomic E-state index is 0.0452. The average molecular weight is 484 g/mol. The lowest BCUT2D eigenvalue weighted by molar-refractivity contribution is -0.141. The molecule has 0 spiro atoms. The van der Waals surface area contributed by atoms with Gasteiger partial charge in [0.15, 0.2) is 11.5 Å². The van der Waals surface area contributed by atoms with Crippen LogP contribution in [0.25, 0.3) is 11.1 Å². The van der Waals surface area contributed by atoms with Gasteiger partial charge in [0, 0.05) is 35.6 Å². The maximum Gasteiger partial charge on any atom is 0.435 e. The smallest absolute Gasteiger partial charge is 0.331 e. The third-order valence-electron chi connectivity index (χ3n) is 5.42. The highest BCUT2D eigenvalue weighted by molar-refractivity contribution is 7.16. The minimum Gasteiger partial charge on any atom is -0.331 e. The maximum atomic E-state index is 13.8. The molecule has 1 amide bonds. The number of thiophene rings is 1. The highest BCUT2D eigenvalue weighted by Crippen LogP contribution is 2.45. The number of hydrogen-bond donors (Lipinski definition) is 0. The first-order valence-corrected chi connectivity index (χ1v) is 10.9. The Balaban J connectivity index is 1.88. The third kappa shape index (κ3) is 4.06. The van der Waals surface area contributed by atoms with E-state index in [-0.39, 0.29) is 25.2 Å². The lowest BCUT2D eigenvalue weighted by atomic mass is 9.84. The Labute approximate surface area is 190 Å². The summed E-state index contributed by atoms with van der Waals surface area (Å²) in [6.45, 7) is 5.32. The van der Waals surface area contributed by atoms with Crippen molar-refractivity contribution in [2.45, 2.75) is 32.1 Å². The highest BCUT2D eigenvalue weighted by Gasteiger charge is 2.39. The zero-order valence-corrected chi connectivity index (χ0v) is 18.5. The monoisotopic (exact) mass is 483 g/mol. The van der Waals surface area contributed by atoms with Gasteiger partial charge in [0.1, 0.15) is 0 Å². The molecule has 4 rings (SSSR count). The van der Waals surface area contributed by atoms with E-state index in [9.17, 15) is 22.4 Å². The molecule has 1 aromatic carbocycles. The Morgan fingerprint density at radius 1 is 1.28 bits per heavy atom. The summed E-state index contributed by atoms with van der Waals surface area (Å²) in [6, 6.07) is 8.45. The average Bonchev–Trinajstić information content (AvgIpc) is 3.35. The predicted molar refractivity (Wildman–Crippen MR) is 115 cm³/mol. The molecule has 32 heavy (non-hydrogen) atoms. The van der Waals surface area contributed by atoms with Crippen LogP contribution >= 0.6 is 22.9 Å². The highest BCUT2D eigenvalue weighted by atomic mass is 35.5. The second-order valence-electron chi connectivity index (χ2n) is 7.40. The largest absolute Gasteiger partial charge is 0.435 e. The van der Waals surface area contributed by atoms with Gasteiger partial charge in [0.2, 0.25) is 0 Å². The Morgan fingerprint density at radius 3 is 2.66 bits per heavy atom. The number of alkyl halides is 3. The molecule has 0 aliphatic carbocycles. The van der Waals surface area contributed by atoms with Gasteiger partial charge in [0.05, 0.1) is 10.9 Å². The number of aromatic nitrogens is 2. The SMILES string of the molecule is C=C(F)C(=O)N1Cc2sc(Cl)cc2[C@H](c2ccccc2-c2cn(CC)nc2C(F)(F)F)C1. The van der Waals surface area contributed by atoms with Crippen molar-refractivity contribution in [2.24, 2.45) is 0 Å². The summed E-state index contributed by atoms with van der Waals surface area (Å²) in [4.78, 5) is 14.4. The van der Waals surface area contributed by atoms with Crippen LogP contribution in [0.4, 0.5) is 17.6 Å². The molecule has 0 bridgehead atoms. The van der Waals surface area contributed by atoms with Gasteiger partial charge in [-0.05, 0) is 29.7 Å². The van der Waals surface area contributed by atoms with E-state index in [2.05, 4.69) is 11.7 Å². The molecule has 0 unspecified atom stereocenters. The summed E-state index contributed by atoms with van der Waals surface area (Å²) in [5.41, 5.74) is 0.724. The fraction of sp³-hybridized carbons (Fsp3) is 0.273. The Morgan fingerprint density at radius 2 is 2.00 bits per heavy atom. The molecule has 0 radical (unpaired) electrons. The van der Waals surface area contributed by atoms with E-state index in [1.807, 2.05) is 0 Å². The van der Waals surface area contributed by atoms with Crippen molar-refractivity contribution in [2.75, 3.05) is 6.54 Å². The molecule has 3 aromatic rings. The number of fused-ring (bicyclic) bond motifs is 1. The molecule has 10 heteroatoms. The van der Waals surface area contributed by atoms with Crippen molar-refractivity contribution in [3.05, 3.63) is 75.0 Å². The number of amides is 1. The van der Waals surface area contributed by atoms with Crippen LogP contribution < -0.4 is 0 Å². The number of carbonyl (C=O) groups is 1. The van der Waals surface area contributed by atoms with E-state index in [0.29, 0.717) is 15.5 Å². The third-order valence-corrected chi connectivity index (χ3v) is 6.69. The molecule has 0 fully saturated rings. The Hall–Kier alpha value is -2.65. The van der Waals surface area contributed by atoms with Crippen LogP contribution in [0.1, 0.15) is 34.5 Å². The number of benzene rings is 1. The van der Waals surface area contributed by atoms with Gasteiger partial charge < -0.3 is 4.90 Å². The first kappa shape index (κ1) is 22.5. The van der Waals surface area contributed by atoms with E-state index in [1.54, 1.807) is 37.3 Å². The van der Waals surface area contributed by atoms with Gasteiger partial charge >= 0.3 is 6.18 Å². The molecule has 0 N–H and O–H groups in total. The molecule has 1 aliphatic rings. The molecule has 168 valence electrons. The molecule has 2 aromatic heterocycles. The topological polar surface area (TPSA) is 38.1 Å². The molecular weight excluding hydrogens is 466 g/mol. The number of carbonyl (C=O) groups excluding carboxylic acids is 1. The van der Waals surface area contributed by atoms with Gasteiger partial charge in [-0.3, -0.25) is 9.48 Å². The second kappa shape index (κ2) is 8.37. The first-order chi connectivity index (χ1) is 15.1. The lowest BCUT2D eigenvalue weighted by Gasteiger charge is -2.33. The maximum absolute atomic E-state index is 13.8. The normalized spacial score (nSPS) is 16.2. The summed E-state index contributed by atoms with van der Waals surface area (Å²) in [5, 5.41) is 3.72. The Bertz CT molecular complexity index is 1200. The summed E-state index contributed by atoms with van der Waals surface area (Å²) >= 11 is 7.48. The van der Waals surface area contributed by atoms with Gasteiger partial charge in [-0.15, -0.1) is 11.3 Å². The number of hydrogen-bond acceptors (Lipinski definition) is 3. The fourth-order valence-electron chi connectivity index (χ4n) is 4.01. The molecular formula is C22H18ClF4N3OS. The molecule has 0 saturated carbocycles. The second-order valence-corrected chi connectivity index (χ2v) is 9.17. The quantitative estimate of drug-likeness (QED) is 0.324. The van der Waals surface area contributed by atoms with Gasteiger partial charge in [-0.2, -0.15) is 18.3 Å². The van der Waals surface area contributed by atoms with Crippen molar-refractivity contribution in [3.63, 3.8) is 0 Å². The van der Waals surface area contributed by atoms with Crippen LogP contribution in [0.2, 0.25) is 4.34 Å². The van der Waals surface area contributed by atoms with Crippen molar-refractivity contribution >= 4 is 28.8 Å². The molecule has 1 atom stereocenters. The van der Waals surface area contributed by atoms with Crippen molar-refractivity contribution in [1.82, 2.24) is 14.7 Å². The van der Waals surface area contributed by atoms with E-state index < -0.39 is 29.5 Å². The van der Waals surface area contributed by atoms with Crippen molar-refractivity contribution < 1.29 is 22.4 Å². The van der Waals surface area contributed by atoms with Crippen LogP contribution in [0.5, 0.6) is 0 Å². The van der Waals surface area contributed by atoms with Crippen LogP contribution in [0.3, 0.4) is 0 Å². The predicted octanol–water partition coefficient (Wildman–Crippen LogP) is 6.26. The minimum atomic E-state index is -4.64. The van der Waals surface area contributed by atoms with Crippen molar-refractivity contribution in [1.29, 1.82) is 0 Å². The van der Waals surface area contributed by atoms with E-state index >= 15 is 0 Å². The summed E-state index contributed by atoms with van der Waals surface area (Å²) < 4.78 is 56.6. The number of aryl methyl sites for hydroxylation is 1. The van der Waals surface area contributed by atoms with Crippen LogP contribution in [0.15, 0.2) is 48.9 Å². The molecule has 0 saturated heterocycles. The molecule has 3 heterocycles. The standard InChI is InChI=1S/C22H18ClF4N3OS/c1-3-30-10-17(20(28-30)22(25,26)27)14-7-5-4-6-13(14)16-9-29(21(31)12(2)24)11-18-15(16)8-19(23)32-18/h4-8,10,16H,2-3,9,11H2,1H3/t16-/m0/s1. The van der Waals surface area contributed by atoms with Crippen LogP contribution in [-0.2, 0) is 24.1 Å². The Kier molecular flexibility index (Phi) is 5.89. The first-order valence-electron chi connectivity index (χ1n) is 9.75. The zero-order chi connectivity index (χ0) is 23.2. The molecule has 4 nitrogen and oxygen atoms in total. The summed E-state index contributed by atoms with van der Waals surface area (Å²) in [5.74, 6) is -2.43. The van der Waals surface area contributed by atoms with Gasteiger partial charge in [0.25, 0.3) is 5.91 Å². The fourth-order valence-corrected chi connectivity index (χ4v) is 5.37. The van der Waals surface area contributed by atoms with E-state index in [0.717, 1.165) is 10.4 Å². The van der Waals surface area contributed by atoms with Crippen LogP contribution in [-0.4, -0.2) is 27.1 Å². The van der Waals surface area contributed by atoms with E-state index in [1.165, 1.54) is 27.1 Å². The van der Waals surface area contributed by atoms with Gasteiger partial charge in [-0.1, -0.05) is 42.4 Å². The summed E-state index contributed by atoms with van der Waals surface area (Å²) in [7, 11) is 0. The van der Waals surface area contributed by atoms with Crippen LogP contribution in [0, 0.1) is 0 Å². The van der Waals surface area contributed by atoms with E-state index in [4.69, 9.17) is 11.6 Å². The zero-order valence-electron chi connectivity index (χ0n) is 16.9. The lowest BCUT2D eigenvalue weighted by Crippen LogP contribution is -2.38.